The predicted molar refractivity (Wildman–Crippen MR) is 68.7 cm³/mol. The first kappa shape index (κ1) is 10.7. The van der Waals surface area contributed by atoms with Gasteiger partial charge in [-0.1, -0.05) is 12.1 Å². The van der Waals surface area contributed by atoms with Crippen molar-refractivity contribution in [3.63, 3.8) is 0 Å². The first-order valence-corrected chi connectivity index (χ1v) is 5.37. The normalized spacial score (nSPS) is 10.2. The zero-order valence-electron chi connectivity index (χ0n) is 9.94. The van der Waals surface area contributed by atoms with Crippen LogP contribution in [0.15, 0.2) is 42.6 Å². The molecule has 2 heteroatoms. The van der Waals surface area contributed by atoms with Crippen LogP contribution in [0.1, 0.15) is 5.56 Å². The van der Waals surface area contributed by atoms with Crippen molar-refractivity contribution in [1.29, 1.82) is 0 Å². The van der Waals surface area contributed by atoms with Crippen LogP contribution in [-0.4, -0.2) is 19.1 Å². The van der Waals surface area contributed by atoms with Crippen molar-refractivity contribution in [1.82, 2.24) is 4.98 Å². The van der Waals surface area contributed by atoms with Gasteiger partial charge in [-0.3, -0.25) is 4.98 Å². The van der Waals surface area contributed by atoms with Crippen molar-refractivity contribution >= 4 is 5.69 Å². The van der Waals surface area contributed by atoms with E-state index in [0.717, 1.165) is 11.3 Å². The van der Waals surface area contributed by atoms with E-state index in [1.807, 2.05) is 26.4 Å². The zero-order valence-corrected chi connectivity index (χ0v) is 9.94. The Hall–Kier alpha value is -1.83. The highest BCUT2D eigenvalue weighted by Gasteiger charge is 2.01. The molecule has 0 amide bonds. The standard InChI is InChI=1S/C14H16N2/c1-11-7-8-15-14(9-11)12-5-4-6-13(10-12)16(2)3/h4-10H,1-3H3. The van der Waals surface area contributed by atoms with Crippen LogP contribution in [0.2, 0.25) is 0 Å². The second-order valence-electron chi connectivity index (χ2n) is 4.16. The molecule has 2 rings (SSSR count). The van der Waals surface area contributed by atoms with E-state index in [4.69, 9.17) is 0 Å². The Balaban J connectivity index is 2.44. The molecule has 0 unspecified atom stereocenters. The summed E-state index contributed by atoms with van der Waals surface area (Å²) in [6.07, 6.45) is 1.85. The third-order valence-corrected chi connectivity index (χ3v) is 2.57. The number of anilines is 1. The van der Waals surface area contributed by atoms with Gasteiger partial charge in [-0.05, 0) is 36.8 Å². The molecule has 0 atom stereocenters. The number of aromatic nitrogens is 1. The van der Waals surface area contributed by atoms with Crippen LogP contribution in [-0.2, 0) is 0 Å². The summed E-state index contributed by atoms with van der Waals surface area (Å²) in [6, 6.07) is 12.5. The summed E-state index contributed by atoms with van der Waals surface area (Å²) in [4.78, 5) is 6.49. The van der Waals surface area contributed by atoms with Crippen molar-refractivity contribution in [2.45, 2.75) is 6.92 Å². The minimum atomic E-state index is 1.03. The fraction of sp³-hybridized carbons (Fsp3) is 0.214. The molecule has 2 aromatic rings. The summed E-state index contributed by atoms with van der Waals surface area (Å²) in [5.41, 5.74) is 4.62. The van der Waals surface area contributed by atoms with Crippen molar-refractivity contribution in [2.24, 2.45) is 0 Å². The zero-order chi connectivity index (χ0) is 11.5. The van der Waals surface area contributed by atoms with E-state index < -0.39 is 0 Å². The van der Waals surface area contributed by atoms with Crippen LogP contribution in [0, 0.1) is 6.92 Å². The molecular weight excluding hydrogens is 196 g/mol. The van der Waals surface area contributed by atoms with Gasteiger partial charge in [0.15, 0.2) is 0 Å². The largest absolute Gasteiger partial charge is 0.378 e. The maximum absolute atomic E-state index is 4.39. The lowest BCUT2D eigenvalue weighted by molar-refractivity contribution is 1.13. The van der Waals surface area contributed by atoms with E-state index in [-0.39, 0.29) is 0 Å². The number of benzene rings is 1. The molecule has 1 heterocycles. The molecule has 0 aliphatic carbocycles. The van der Waals surface area contributed by atoms with Crippen LogP contribution >= 0.6 is 0 Å². The number of nitrogens with zero attached hydrogens (tertiary/aromatic N) is 2. The fourth-order valence-electron chi connectivity index (χ4n) is 1.64. The Kier molecular flexibility index (Phi) is 2.91. The molecule has 0 N–H and O–H groups in total. The Bertz CT molecular complexity index is 490. The molecule has 0 aliphatic heterocycles. The molecule has 0 saturated heterocycles. The molecule has 82 valence electrons. The SMILES string of the molecule is Cc1ccnc(-c2cccc(N(C)C)c2)c1. The topological polar surface area (TPSA) is 16.1 Å². The van der Waals surface area contributed by atoms with Crippen molar-refractivity contribution in [3.05, 3.63) is 48.2 Å². The number of hydrogen-bond donors (Lipinski definition) is 0. The lowest BCUT2D eigenvalue weighted by atomic mass is 10.1. The highest BCUT2D eigenvalue weighted by Crippen LogP contribution is 2.22. The first-order valence-electron chi connectivity index (χ1n) is 5.37. The third kappa shape index (κ3) is 2.22. The van der Waals surface area contributed by atoms with Gasteiger partial charge in [0.1, 0.15) is 0 Å². The van der Waals surface area contributed by atoms with Gasteiger partial charge in [0.05, 0.1) is 5.69 Å². The number of rotatable bonds is 2. The smallest absolute Gasteiger partial charge is 0.0705 e. The van der Waals surface area contributed by atoms with Gasteiger partial charge in [0, 0.05) is 31.5 Å². The van der Waals surface area contributed by atoms with Gasteiger partial charge in [-0.15, -0.1) is 0 Å². The van der Waals surface area contributed by atoms with Gasteiger partial charge in [0.25, 0.3) is 0 Å². The highest BCUT2D eigenvalue weighted by atomic mass is 15.1. The average molecular weight is 212 g/mol. The minimum absolute atomic E-state index is 1.03. The quantitative estimate of drug-likeness (QED) is 0.760. The van der Waals surface area contributed by atoms with Crippen LogP contribution in [0.4, 0.5) is 5.69 Å². The van der Waals surface area contributed by atoms with E-state index in [9.17, 15) is 0 Å². The van der Waals surface area contributed by atoms with Crippen LogP contribution in [0.25, 0.3) is 11.3 Å². The third-order valence-electron chi connectivity index (χ3n) is 2.57. The van der Waals surface area contributed by atoms with Gasteiger partial charge < -0.3 is 4.90 Å². The molecule has 0 fully saturated rings. The molecular formula is C14H16N2. The van der Waals surface area contributed by atoms with E-state index in [0.29, 0.717) is 0 Å². The predicted octanol–water partition coefficient (Wildman–Crippen LogP) is 3.12. The molecule has 0 saturated carbocycles. The summed E-state index contributed by atoms with van der Waals surface area (Å²) >= 11 is 0. The second kappa shape index (κ2) is 4.35. The monoisotopic (exact) mass is 212 g/mol. The Morgan fingerprint density at radius 1 is 1.06 bits per heavy atom. The van der Waals surface area contributed by atoms with Gasteiger partial charge >= 0.3 is 0 Å². The van der Waals surface area contributed by atoms with E-state index >= 15 is 0 Å². The molecule has 0 aliphatic rings. The lowest BCUT2D eigenvalue weighted by Gasteiger charge is -2.13. The summed E-state index contributed by atoms with van der Waals surface area (Å²) in [6.45, 7) is 2.08. The van der Waals surface area contributed by atoms with Crippen molar-refractivity contribution < 1.29 is 0 Å². The van der Waals surface area contributed by atoms with Crippen molar-refractivity contribution in [2.75, 3.05) is 19.0 Å². The average Bonchev–Trinajstić information content (AvgIpc) is 2.29. The first-order chi connectivity index (χ1) is 7.66. The molecule has 0 radical (unpaired) electrons. The molecule has 1 aromatic heterocycles. The Labute approximate surface area is 96.6 Å². The Morgan fingerprint density at radius 3 is 2.56 bits per heavy atom. The van der Waals surface area contributed by atoms with E-state index in [1.54, 1.807) is 0 Å². The molecule has 0 spiro atoms. The van der Waals surface area contributed by atoms with Gasteiger partial charge in [-0.25, -0.2) is 0 Å². The molecule has 0 bridgehead atoms. The van der Waals surface area contributed by atoms with Crippen LogP contribution < -0.4 is 4.90 Å². The Morgan fingerprint density at radius 2 is 1.88 bits per heavy atom. The molecule has 16 heavy (non-hydrogen) atoms. The van der Waals surface area contributed by atoms with Crippen LogP contribution in [0.5, 0.6) is 0 Å². The summed E-state index contributed by atoms with van der Waals surface area (Å²) < 4.78 is 0. The minimum Gasteiger partial charge on any atom is -0.378 e. The number of pyridine rings is 1. The maximum atomic E-state index is 4.39. The summed E-state index contributed by atoms with van der Waals surface area (Å²) in [5.74, 6) is 0. The number of hydrogen-bond acceptors (Lipinski definition) is 2. The van der Waals surface area contributed by atoms with Crippen molar-refractivity contribution in [3.8, 4) is 11.3 Å². The molecule has 2 nitrogen and oxygen atoms in total. The van der Waals surface area contributed by atoms with Gasteiger partial charge in [0.2, 0.25) is 0 Å². The summed E-state index contributed by atoms with van der Waals surface area (Å²) in [7, 11) is 4.09. The lowest BCUT2D eigenvalue weighted by Crippen LogP contribution is -2.08. The van der Waals surface area contributed by atoms with Gasteiger partial charge in [-0.2, -0.15) is 0 Å². The maximum Gasteiger partial charge on any atom is 0.0705 e. The van der Waals surface area contributed by atoms with E-state index in [1.165, 1.54) is 11.3 Å². The number of aryl methyl sites for hydroxylation is 1. The van der Waals surface area contributed by atoms with E-state index in [2.05, 4.69) is 47.1 Å². The fourth-order valence-corrected chi connectivity index (χ4v) is 1.64. The molecule has 1 aromatic carbocycles. The second-order valence-corrected chi connectivity index (χ2v) is 4.16. The van der Waals surface area contributed by atoms with Crippen LogP contribution in [0.3, 0.4) is 0 Å². The summed E-state index contributed by atoms with van der Waals surface area (Å²) in [5, 5.41) is 0. The highest BCUT2D eigenvalue weighted by molar-refractivity contribution is 5.65.